The number of rotatable bonds is 12. The van der Waals surface area contributed by atoms with Crippen molar-refractivity contribution in [1.29, 1.82) is 0 Å². The Hall–Kier alpha value is -3.45. The van der Waals surface area contributed by atoms with E-state index >= 15 is 0 Å². The lowest BCUT2D eigenvalue weighted by atomic mass is 10.3. The third-order valence-electron chi connectivity index (χ3n) is 4.53. The zero-order chi connectivity index (χ0) is 23.3. The van der Waals surface area contributed by atoms with E-state index in [0.29, 0.717) is 18.0 Å². The fourth-order valence-electron chi connectivity index (χ4n) is 2.81. The van der Waals surface area contributed by atoms with Gasteiger partial charge in [0, 0.05) is 16.3 Å². The standard InChI is InChI=1S/C26H28N2O4S/c1-2-3-17-31-23-13-9-20(10-14-23)28-26(30)19-33-24-15-11-21(12-16-24)27-25(29)18-32-22-7-5-4-6-8-22/h4-16H,2-3,17-19H2,1H3,(H,27,29)(H,28,30). The summed E-state index contributed by atoms with van der Waals surface area (Å²) in [6.07, 6.45) is 2.11. The van der Waals surface area contributed by atoms with Gasteiger partial charge < -0.3 is 20.1 Å². The van der Waals surface area contributed by atoms with Crippen LogP contribution in [0.25, 0.3) is 0 Å². The monoisotopic (exact) mass is 464 g/mol. The number of carbonyl (C=O) groups excluding carboxylic acids is 2. The normalized spacial score (nSPS) is 10.3. The van der Waals surface area contributed by atoms with E-state index in [2.05, 4.69) is 17.6 Å². The van der Waals surface area contributed by atoms with Crippen LogP contribution in [0.3, 0.4) is 0 Å². The van der Waals surface area contributed by atoms with Gasteiger partial charge in [0.05, 0.1) is 12.4 Å². The van der Waals surface area contributed by atoms with Gasteiger partial charge in [-0.15, -0.1) is 11.8 Å². The lowest BCUT2D eigenvalue weighted by molar-refractivity contribution is -0.118. The van der Waals surface area contributed by atoms with Crippen molar-refractivity contribution in [3.05, 3.63) is 78.9 Å². The summed E-state index contributed by atoms with van der Waals surface area (Å²) in [7, 11) is 0. The van der Waals surface area contributed by atoms with Gasteiger partial charge in [-0.05, 0) is 67.1 Å². The van der Waals surface area contributed by atoms with Gasteiger partial charge in [0.15, 0.2) is 6.61 Å². The Bertz CT molecular complexity index is 1010. The molecule has 0 saturated carbocycles. The highest BCUT2D eigenvalue weighted by Crippen LogP contribution is 2.21. The van der Waals surface area contributed by atoms with E-state index in [1.807, 2.05) is 54.6 Å². The molecule has 172 valence electrons. The second kappa shape index (κ2) is 13.2. The summed E-state index contributed by atoms with van der Waals surface area (Å²) in [6.45, 7) is 2.76. The quantitative estimate of drug-likeness (QED) is 0.269. The van der Waals surface area contributed by atoms with Crippen LogP contribution in [0.5, 0.6) is 11.5 Å². The van der Waals surface area contributed by atoms with Crippen molar-refractivity contribution in [2.24, 2.45) is 0 Å². The van der Waals surface area contributed by atoms with Gasteiger partial charge in [-0.25, -0.2) is 0 Å². The molecule has 2 amide bonds. The predicted octanol–water partition coefficient (Wildman–Crippen LogP) is 5.61. The molecule has 0 spiro atoms. The number of amides is 2. The third kappa shape index (κ3) is 8.90. The van der Waals surface area contributed by atoms with Gasteiger partial charge in [-0.2, -0.15) is 0 Å². The Labute approximate surface area is 198 Å². The maximum absolute atomic E-state index is 12.2. The Morgan fingerprint density at radius 1 is 0.758 bits per heavy atom. The summed E-state index contributed by atoms with van der Waals surface area (Å²) in [6, 6.07) is 23.9. The minimum absolute atomic E-state index is 0.0630. The molecule has 3 aromatic rings. The highest BCUT2D eigenvalue weighted by molar-refractivity contribution is 8.00. The average molecular weight is 465 g/mol. The summed E-state index contributed by atoms with van der Waals surface area (Å²) in [4.78, 5) is 25.2. The highest BCUT2D eigenvalue weighted by atomic mass is 32.2. The first-order valence-corrected chi connectivity index (χ1v) is 11.8. The van der Waals surface area contributed by atoms with Crippen molar-refractivity contribution in [3.8, 4) is 11.5 Å². The molecule has 0 unspecified atom stereocenters. The lowest BCUT2D eigenvalue weighted by Gasteiger charge is -2.09. The zero-order valence-corrected chi connectivity index (χ0v) is 19.4. The number of anilines is 2. The minimum atomic E-state index is -0.236. The Balaban J connectivity index is 1.38. The third-order valence-corrected chi connectivity index (χ3v) is 5.54. The number of ether oxygens (including phenoxy) is 2. The van der Waals surface area contributed by atoms with Gasteiger partial charge in [0.1, 0.15) is 11.5 Å². The van der Waals surface area contributed by atoms with Gasteiger partial charge in [0.2, 0.25) is 5.91 Å². The molecular weight excluding hydrogens is 436 g/mol. The topological polar surface area (TPSA) is 76.7 Å². The Morgan fingerprint density at radius 2 is 1.36 bits per heavy atom. The molecule has 0 heterocycles. The molecule has 0 bridgehead atoms. The lowest BCUT2D eigenvalue weighted by Crippen LogP contribution is -2.20. The fraction of sp³-hybridized carbons (Fsp3) is 0.231. The van der Waals surface area contributed by atoms with Crippen LogP contribution in [0.1, 0.15) is 19.8 Å². The summed E-state index contributed by atoms with van der Waals surface area (Å²) in [5.74, 6) is 1.41. The molecule has 7 heteroatoms. The van der Waals surface area contributed by atoms with Crippen LogP contribution < -0.4 is 20.1 Å². The number of unbranched alkanes of at least 4 members (excludes halogenated alkanes) is 1. The number of hydrogen-bond acceptors (Lipinski definition) is 5. The molecule has 0 aromatic heterocycles. The summed E-state index contributed by atoms with van der Waals surface area (Å²) in [5.41, 5.74) is 1.41. The Morgan fingerprint density at radius 3 is 2.03 bits per heavy atom. The first-order chi connectivity index (χ1) is 16.1. The van der Waals surface area contributed by atoms with E-state index < -0.39 is 0 Å². The number of carbonyl (C=O) groups is 2. The van der Waals surface area contributed by atoms with Crippen LogP contribution in [0.15, 0.2) is 83.8 Å². The first-order valence-electron chi connectivity index (χ1n) is 10.9. The molecule has 3 rings (SSSR count). The van der Waals surface area contributed by atoms with E-state index in [1.165, 1.54) is 11.8 Å². The van der Waals surface area contributed by atoms with E-state index in [1.54, 1.807) is 24.3 Å². The molecule has 0 fully saturated rings. The molecule has 0 radical (unpaired) electrons. The fourth-order valence-corrected chi connectivity index (χ4v) is 3.51. The maximum atomic E-state index is 12.2. The average Bonchev–Trinajstić information content (AvgIpc) is 2.84. The van der Waals surface area contributed by atoms with Crippen molar-refractivity contribution in [3.63, 3.8) is 0 Å². The van der Waals surface area contributed by atoms with E-state index in [0.717, 1.165) is 29.2 Å². The van der Waals surface area contributed by atoms with Crippen molar-refractivity contribution in [2.75, 3.05) is 29.6 Å². The van der Waals surface area contributed by atoms with E-state index in [9.17, 15) is 9.59 Å². The summed E-state index contributed by atoms with van der Waals surface area (Å²) in [5, 5.41) is 5.68. The molecule has 0 saturated heterocycles. The van der Waals surface area contributed by atoms with Crippen LogP contribution in [0, 0.1) is 0 Å². The number of thioether (sulfide) groups is 1. The molecule has 33 heavy (non-hydrogen) atoms. The molecule has 3 aromatic carbocycles. The molecule has 0 aliphatic carbocycles. The Kier molecular flexibility index (Phi) is 9.66. The van der Waals surface area contributed by atoms with Crippen LogP contribution >= 0.6 is 11.8 Å². The van der Waals surface area contributed by atoms with Crippen molar-refractivity contribution in [1.82, 2.24) is 0 Å². The summed E-state index contributed by atoms with van der Waals surface area (Å²) < 4.78 is 11.1. The predicted molar refractivity (Wildman–Crippen MR) is 133 cm³/mol. The van der Waals surface area contributed by atoms with Crippen molar-refractivity contribution < 1.29 is 19.1 Å². The second-order valence-electron chi connectivity index (χ2n) is 7.24. The van der Waals surface area contributed by atoms with Gasteiger partial charge >= 0.3 is 0 Å². The first kappa shape index (κ1) is 24.2. The smallest absolute Gasteiger partial charge is 0.262 e. The molecular formula is C26H28N2O4S. The zero-order valence-electron chi connectivity index (χ0n) is 18.6. The molecule has 2 N–H and O–H groups in total. The number of para-hydroxylation sites is 1. The van der Waals surface area contributed by atoms with Gasteiger partial charge in [-0.3, -0.25) is 9.59 Å². The molecule has 0 atom stereocenters. The van der Waals surface area contributed by atoms with Crippen molar-refractivity contribution in [2.45, 2.75) is 24.7 Å². The molecule has 6 nitrogen and oxygen atoms in total. The molecule has 0 aliphatic heterocycles. The molecule has 0 aliphatic rings. The number of hydrogen-bond donors (Lipinski definition) is 2. The van der Waals surface area contributed by atoms with E-state index in [4.69, 9.17) is 9.47 Å². The number of nitrogens with one attached hydrogen (secondary N) is 2. The van der Waals surface area contributed by atoms with Crippen LogP contribution in [-0.4, -0.2) is 30.8 Å². The van der Waals surface area contributed by atoms with E-state index in [-0.39, 0.29) is 24.2 Å². The van der Waals surface area contributed by atoms with Crippen LogP contribution in [0.4, 0.5) is 11.4 Å². The SMILES string of the molecule is CCCCOc1ccc(NC(=O)CSc2ccc(NC(=O)COc3ccccc3)cc2)cc1. The minimum Gasteiger partial charge on any atom is -0.494 e. The van der Waals surface area contributed by atoms with Crippen LogP contribution in [0.2, 0.25) is 0 Å². The largest absolute Gasteiger partial charge is 0.494 e. The summed E-state index contributed by atoms with van der Waals surface area (Å²) >= 11 is 1.43. The maximum Gasteiger partial charge on any atom is 0.262 e. The van der Waals surface area contributed by atoms with Crippen LogP contribution in [-0.2, 0) is 9.59 Å². The highest BCUT2D eigenvalue weighted by Gasteiger charge is 2.06. The van der Waals surface area contributed by atoms with Gasteiger partial charge in [-0.1, -0.05) is 31.5 Å². The second-order valence-corrected chi connectivity index (χ2v) is 8.29. The number of benzene rings is 3. The van der Waals surface area contributed by atoms with Crippen molar-refractivity contribution >= 4 is 35.0 Å². The van der Waals surface area contributed by atoms with Gasteiger partial charge in [0.25, 0.3) is 5.91 Å².